The maximum Gasteiger partial charge on any atom is 0.251 e. The van der Waals surface area contributed by atoms with Crippen LogP contribution in [0, 0.1) is 13.8 Å². The van der Waals surface area contributed by atoms with Crippen molar-refractivity contribution in [3.63, 3.8) is 0 Å². The number of benzene rings is 1. The average molecular weight is 246 g/mol. The van der Waals surface area contributed by atoms with E-state index in [9.17, 15) is 4.79 Å². The smallest absolute Gasteiger partial charge is 0.251 e. The Balaban J connectivity index is 2.04. The molecule has 18 heavy (non-hydrogen) atoms. The number of aryl methyl sites for hydroxylation is 1. The van der Waals surface area contributed by atoms with E-state index in [0.717, 1.165) is 43.5 Å². The van der Waals surface area contributed by atoms with Crippen molar-refractivity contribution < 1.29 is 4.79 Å². The van der Waals surface area contributed by atoms with Gasteiger partial charge in [0.15, 0.2) is 0 Å². The molecule has 1 aliphatic rings. The van der Waals surface area contributed by atoms with Crippen LogP contribution < -0.4 is 10.6 Å². The molecule has 2 N–H and O–H groups in total. The Morgan fingerprint density at radius 2 is 2.11 bits per heavy atom. The van der Waals surface area contributed by atoms with E-state index in [2.05, 4.69) is 10.6 Å². The minimum Gasteiger partial charge on any atom is -0.349 e. The first kappa shape index (κ1) is 13.1. The lowest BCUT2D eigenvalue weighted by molar-refractivity contribution is 0.0933. The van der Waals surface area contributed by atoms with Gasteiger partial charge in [0.25, 0.3) is 5.91 Å². The van der Waals surface area contributed by atoms with Crippen molar-refractivity contribution in [1.29, 1.82) is 0 Å². The molecule has 1 saturated heterocycles. The van der Waals surface area contributed by atoms with E-state index in [1.165, 1.54) is 5.56 Å². The molecule has 1 heterocycles. The maximum absolute atomic E-state index is 12.3. The van der Waals surface area contributed by atoms with Crippen molar-refractivity contribution >= 4 is 5.91 Å². The summed E-state index contributed by atoms with van der Waals surface area (Å²) < 4.78 is 0. The molecule has 1 unspecified atom stereocenters. The van der Waals surface area contributed by atoms with E-state index in [-0.39, 0.29) is 5.91 Å². The Bertz CT molecular complexity index is 421. The highest BCUT2D eigenvalue weighted by Crippen LogP contribution is 2.14. The lowest BCUT2D eigenvalue weighted by atomic mass is 10.0. The molecule has 98 valence electrons. The average Bonchev–Trinajstić information content (AvgIpc) is 2.61. The van der Waals surface area contributed by atoms with Gasteiger partial charge in [-0.25, -0.2) is 0 Å². The molecule has 1 aromatic carbocycles. The molecule has 1 amide bonds. The number of rotatable bonds is 2. The van der Waals surface area contributed by atoms with Gasteiger partial charge in [-0.15, -0.1) is 0 Å². The number of nitrogens with one attached hydrogen (secondary N) is 2. The molecule has 1 fully saturated rings. The molecular formula is C15H22N2O. The molecular weight excluding hydrogens is 224 g/mol. The molecule has 0 saturated carbocycles. The van der Waals surface area contributed by atoms with Crippen molar-refractivity contribution in [2.24, 2.45) is 0 Å². The van der Waals surface area contributed by atoms with Gasteiger partial charge in [-0.3, -0.25) is 4.79 Å². The molecule has 0 aromatic heterocycles. The SMILES string of the molecule is Cc1cccc(C(=O)NC2CCCNCC2)c1C. The molecule has 3 heteroatoms. The van der Waals surface area contributed by atoms with Crippen molar-refractivity contribution in [2.45, 2.75) is 39.2 Å². The van der Waals surface area contributed by atoms with Crippen LogP contribution in [0.1, 0.15) is 40.7 Å². The predicted molar refractivity (Wildman–Crippen MR) is 73.9 cm³/mol. The molecule has 1 aromatic rings. The zero-order valence-electron chi connectivity index (χ0n) is 11.3. The lowest BCUT2D eigenvalue weighted by Crippen LogP contribution is -2.35. The first-order valence-corrected chi connectivity index (χ1v) is 6.76. The minimum absolute atomic E-state index is 0.0723. The van der Waals surface area contributed by atoms with Gasteiger partial charge in [-0.2, -0.15) is 0 Å². The van der Waals surface area contributed by atoms with Crippen LogP contribution in [0.25, 0.3) is 0 Å². The Hall–Kier alpha value is -1.35. The zero-order chi connectivity index (χ0) is 13.0. The molecule has 0 bridgehead atoms. The fraction of sp³-hybridized carbons (Fsp3) is 0.533. The van der Waals surface area contributed by atoms with Crippen molar-refractivity contribution in [3.8, 4) is 0 Å². The molecule has 0 radical (unpaired) electrons. The third-order valence-electron chi connectivity index (χ3n) is 3.76. The zero-order valence-corrected chi connectivity index (χ0v) is 11.3. The number of amides is 1. The highest BCUT2D eigenvalue weighted by atomic mass is 16.1. The second-order valence-electron chi connectivity index (χ2n) is 5.10. The monoisotopic (exact) mass is 246 g/mol. The van der Waals surface area contributed by atoms with E-state index < -0.39 is 0 Å². The van der Waals surface area contributed by atoms with Gasteiger partial charge in [0.05, 0.1) is 0 Å². The third kappa shape index (κ3) is 3.10. The molecule has 1 aliphatic heterocycles. The maximum atomic E-state index is 12.3. The fourth-order valence-electron chi connectivity index (χ4n) is 2.42. The summed E-state index contributed by atoms with van der Waals surface area (Å²) in [7, 11) is 0. The summed E-state index contributed by atoms with van der Waals surface area (Å²) in [4.78, 5) is 12.3. The molecule has 0 aliphatic carbocycles. The Labute approximate surface area is 109 Å². The van der Waals surface area contributed by atoms with E-state index in [1.807, 2.05) is 32.0 Å². The predicted octanol–water partition coefficient (Wildman–Crippen LogP) is 2.18. The lowest BCUT2D eigenvalue weighted by Gasteiger charge is -2.17. The highest BCUT2D eigenvalue weighted by Gasteiger charge is 2.16. The van der Waals surface area contributed by atoms with Crippen LogP contribution in [0.5, 0.6) is 0 Å². The Kier molecular flexibility index (Phi) is 4.37. The summed E-state index contributed by atoms with van der Waals surface area (Å²) >= 11 is 0. The normalized spacial score (nSPS) is 20.2. The van der Waals surface area contributed by atoms with Crippen LogP contribution in [0.3, 0.4) is 0 Å². The summed E-state index contributed by atoms with van der Waals surface area (Å²) in [5.74, 6) is 0.0723. The summed E-state index contributed by atoms with van der Waals surface area (Å²) in [5.41, 5.74) is 3.07. The summed E-state index contributed by atoms with van der Waals surface area (Å²) in [5, 5.41) is 6.52. The van der Waals surface area contributed by atoms with Gasteiger partial charge < -0.3 is 10.6 Å². The van der Waals surface area contributed by atoms with Crippen LogP contribution >= 0.6 is 0 Å². The first-order valence-electron chi connectivity index (χ1n) is 6.76. The van der Waals surface area contributed by atoms with E-state index in [1.54, 1.807) is 0 Å². The van der Waals surface area contributed by atoms with Crippen molar-refractivity contribution in [2.75, 3.05) is 13.1 Å². The quantitative estimate of drug-likeness (QED) is 0.839. The molecule has 3 nitrogen and oxygen atoms in total. The number of hydrogen-bond acceptors (Lipinski definition) is 2. The van der Waals surface area contributed by atoms with Crippen molar-refractivity contribution in [3.05, 3.63) is 34.9 Å². The number of carbonyl (C=O) groups is 1. The summed E-state index contributed by atoms with van der Waals surface area (Å²) in [6.07, 6.45) is 3.23. The van der Waals surface area contributed by atoms with Gasteiger partial charge in [-0.1, -0.05) is 12.1 Å². The van der Waals surface area contributed by atoms with Crippen LogP contribution in [0.2, 0.25) is 0 Å². The molecule has 0 spiro atoms. The number of hydrogen-bond donors (Lipinski definition) is 2. The second-order valence-corrected chi connectivity index (χ2v) is 5.10. The van der Waals surface area contributed by atoms with Crippen LogP contribution in [-0.4, -0.2) is 25.0 Å². The first-order chi connectivity index (χ1) is 8.68. The fourth-order valence-corrected chi connectivity index (χ4v) is 2.42. The number of carbonyl (C=O) groups excluding carboxylic acids is 1. The van der Waals surface area contributed by atoms with Gasteiger partial charge in [-0.05, 0) is 63.4 Å². The molecule has 2 rings (SSSR count). The third-order valence-corrected chi connectivity index (χ3v) is 3.76. The van der Waals surface area contributed by atoms with E-state index in [4.69, 9.17) is 0 Å². The largest absolute Gasteiger partial charge is 0.349 e. The molecule has 1 atom stereocenters. The van der Waals surface area contributed by atoms with Gasteiger partial charge in [0.2, 0.25) is 0 Å². The minimum atomic E-state index is 0.0723. The Morgan fingerprint density at radius 3 is 2.94 bits per heavy atom. The van der Waals surface area contributed by atoms with Crippen LogP contribution in [0.4, 0.5) is 0 Å². The summed E-state index contributed by atoms with van der Waals surface area (Å²) in [6.45, 7) is 6.12. The second kappa shape index (κ2) is 6.01. The van der Waals surface area contributed by atoms with Crippen molar-refractivity contribution in [1.82, 2.24) is 10.6 Å². The van der Waals surface area contributed by atoms with Crippen LogP contribution in [0.15, 0.2) is 18.2 Å². The van der Waals surface area contributed by atoms with E-state index >= 15 is 0 Å². The van der Waals surface area contributed by atoms with Crippen LogP contribution in [-0.2, 0) is 0 Å². The topological polar surface area (TPSA) is 41.1 Å². The highest BCUT2D eigenvalue weighted by molar-refractivity contribution is 5.96. The van der Waals surface area contributed by atoms with E-state index in [0.29, 0.717) is 6.04 Å². The van der Waals surface area contributed by atoms with Gasteiger partial charge in [0, 0.05) is 11.6 Å². The summed E-state index contributed by atoms with van der Waals surface area (Å²) in [6, 6.07) is 6.22. The van der Waals surface area contributed by atoms with Gasteiger partial charge >= 0.3 is 0 Å². The standard InChI is InChI=1S/C15H22N2O/c1-11-5-3-7-14(12(11)2)15(18)17-13-6-4-9-16-10-8-13/h3,5,7,13,16H,4,6,8-10H2,1-2H3,(H,17,18). The van der Waals surface area contributed by atoms with Gasteiger partial charge in [0.1, 0.15) is 0 Å². The Morgan fingerprint density at radius 1 is 1.28 bits per heavy atom.